The SMILES string of the molecule is CCOC(=O)C1C(C)=Nn2c(c(-c3ccccc3)[nH]c2=O)C1C(=O)c1ccccc1. The zero-order chi connectivity index (χ0) is 21.3. The number of hydrogen-bond donors (Lipinski definition) is 1. The first kappa shape index (κ1) is 19.6. The molecule has 1 aliphatic rings. The van der Waals surface area contributed by atoms with Crippen molar-refractivity contribution in [2.75, 3.05) is 6.61 Å². The summed E-state index contributed by atoms with van der Waals surface area (Å²) >= 11 is 0. The summed E-state index contributed by atoms with van der Waals surface area (Å²) in [5, 5.41) is 4.34. The number of carbonyl (C=O) groups is 2. The lowest BCUT2D eigenvalue weighted by Gasteiger charge is -2.29. The molecular weight excluding hydrogens is 382 g/mol. The van der Waals surface area contributed by atoms with Crippen LogP contribution >= 0.6 is 0 Å². The number of ether oxygens (including phenoxy) is 1. The van der Waals surface area contributed by atoms with E-state index in [2.05, 4.69) is 10.1 Å². The van der Waals surface area contributed by atoms with Crippen LogP contribution in [-0.4, -0.2) is 33.7 Å². The number of nitrogens with zero attached hydrogens (tertiary/aromatic N) is 2. The molecule has 152 valence electrons. The average molecular weight is 403 g/mol. The van der Waals surface area contributed by atoms with Gasteiger partial charge >= 0.3 is 11.7 Å². The lowest BCUT2D eigenvalue weighted by Crippen LogP contribution is -2.40. The third kappa shape index (κ3) is 3.28. The number of rotatable bonds is 5. The van der Waals surface area contributed by atoms with Gasteiger partial charge in [0.15, 0.2) is 5.78 Å². The van der Waals surface area contributed by atoms with Gasteiger partial charge in [-0.1, -0.05) is 60.7 Å². The molecule has 0 spiro atoms. The number of fused-ring (bicyclic) bond motifs is 1. The van der Waals surface area contributed by atoms with Crippen LogP contribution in [0.25, 0.3) is 11.3 Å². The quantitative estimate of drug-likeness (QED) is 0.523. The Morgan fingerprint density at radius 3 is 2.30 bits per heavy atom. The summed E-state index contributed by atoms with van der Waals surface area (Å²) in [6, 6.07) is 17.9. The number of aromatic nitrogens is 2. The molecule has 2 atom stereocenters. The molecule has 4 rings (SSSR count). The molecule has 2 unspecified atom stereocenters. The van der Waals surface area contributed by atoms with Gasteiger partial charge in [-0.15, -0.1) is 0 Å². The number of aromatic amines is 1. The summed E-state index contributed by atoms with van der Waals surface area (Å²) in [6.45, 7) is 3.53. The van der Waals surface area contributed by atoms with E-state index in [1.54, 1.807) is 38.1 Å². The monoisotopic (exact) mass is 403 g/mol. The molecule has 0 radical (unpaired) electrons. The first-order valence-electron chi connectivity index (χ1n) is 9.74. The maximum Gasteiger partial charge on any atom is 0.346 e. The van der Waals surface area contributed by atoms with E-state index in [-0.39, 0.29) is 12.4 Å². The van der Waals surface area contributed by atoms with Gasteiger partial charge in [0.1, 0.15) is 5.92 Å². The number of ketones is 1. The van der Waals surface area contributed by atoms with Gasteiger partial charge in [-0.25, -0.2) is 4.79 Å². The number of imidazole rings is 1. The second-order valence-corrected chi connectivity index (χ2v) is 7.05. The van der Waals surface area contributed by atoms with Crippen molar-refractivity contribution < 1.29 is 14.3 Å². The van der Waals surface area contributed by atoms with Crippen LogP contribution in [0.1, 0.15) is 35.8 Å². The highest BCUT2D eigenvalue weighted by atomic mass is 16.5. The Hall–Kier alpha value is -3.74. The standard InChI is InChI=1S/C23H21N3O4/c1-3-30-22(28)17-14(2)25-26-20(18(17)21(27)16-12-8-5-9-13-16)19(24-23(26)29)15-10-6-4-7-11-15/h4-13,17-18H,3H2,1-2H3,(H,24,29). The molecule has 0 amide bonds. The maximum absolute atomic E-state index is 13.6. The molecule has 0 fully saturated rings. The van der Waals surface area contributed by atoms with Crippen molar-refractivity contribution in [3.8, 4) is 11.3 Å². The molecule has 1 aromatic heterocycles. The second-order valence-electron chi connectivity index (χ2n) is 7.05. The summed E-state index contributed by atoms with van der Waals surface area (Å²) in [4.78, 5) is 42.0. The first-order chi connectivity index (χ1) is 14.5. The Bertz CT molecular complexity index is 1180. The molecule has 2 heterocycles. The lowest BCUT2D eigenvalue weighted by molar-refractivity contribution is -0.146. The van der Waals surface area contributed by atoms with E-state index in [0.29, 0.717) is 22.7 Å². The van der Waals surface area contributed by atoms with E-state index in [1.807, 2.05) is 36.4 Å². The first-order valence-corrected chi connectivity index (χ1v) is 9.74. The number of Topliss-reactive ketones (excluding diaryl/α,β-unsaturated/α-hetero) is 1. The third-order valence-electron chi connectivity index (χ3n) is 5.19. The van der Waals surface area contributed by atoms with Crippen LogP contribution < -0.4 is 5.69 Å². The van der Waals surface area contributed by atoms with Gasteiger partial charge in [-0.2, -0.15) is 9.78 Å². The lowest BCUT2D eigenvalue weighted by atomic mass is 9.78. The van der Waals surface area contributed by atoms with E-state index >= 15 is 0 Å². The number of benzene rings is 2. The minimum atomic E-state index is -0.946. The molecule has 2 aromatic carbocycles. The summed E-state index contributed by atoms with van der Waals surface area (Å²) in [5.41, 5.74) is 1.91. The van der Waals surface area contributed by atoms with Gasteiger partial charge in [0.2, 0.25) is 0 Å². The van der Waals surface area contributed by atoms with Crippen LogP contribution in [0.4, 0.5) is 0 Å². The van der Waals surface area contributed by atoms with Gasteiger partial charge in [0.25, 0.3) is 0 Å². The molecule has 0 saturated heterocycles. The predicted octanol–water partition coefficient (Wildman–Crippen LogP) is 3.23. The summed E-state index contributed by atoms with van der Waals surface area (Å²) in [6.07, 6.45) is 0. The van der Waals surface area contributed by atoms with E-state index in [1.165, 1.54) is 4.68 Å². The van der Waals surface area contributed by atoms with Crippen LogP contribution in [0.5, 0.6) is 0 Å². The van der Waals surface area contributed by atoms with Gasteiger partial charge in [0.05, 0.1) is 29.6 Å². The number of nitrogens with one attached hydrogen (secondary N) is 1. The Morgan fingerprint density at radius 1 is 1.03 bits per heavy atom. The number of hydrogen-bond acceptors (Lipinski definition) is 5. The maximum atomic E-state index is 13.6. The Labute approximate surface area is 173 Å². The van der Waals surface area contributed by atoms with E-state index in [0.717, 1.165) is 5.56 Å². The number of H-pyrrole nitrogens is 1. The van der Waals surface area contributed by atoms with E-state index in [9.17, 15) is 14.4 Å². The average Bonchev–Trinajstić information content (AvgIpc) is 3.09. The van der Waals surface area contributed by atoms with Gasteiger partial charge < -0.3 is 9.72 Å². The minimum Gasteiger partial charge on any atom is -0.465 e. The molecule has 0 saturated carbocycles. The minimum absolute atomic E-state index is 0.181. The fourth-order valence-electron chi connectivity index (χ4n) is 3.87. The molecule has 0 bridgehead atoms. The Balaban J connectivity index is 1.97. The molecular formula is C23H21N3O4. The molecule has 1 N–H and O–H groups in total. The van der Waals surface area contributed by atoms with Gasteiger partial charge in [-0.05, 0) is 19.4 Å². The number of carbonyl (C=O) groups excluding carboxylic acids is 2. The molecule has 3 aromatic rings. The fourth-order valence-corrected chi connectivity index (χ4v) is 3.87. The fraction of sp³-hybridized carbons (Fsp3) is 0.217. The van der Waals surface area contributed by atoms with Crippen molar-refractivity contribution in [1.29, 1.82) is 0 Å². The van der Waals surface area contributed by atoms with Crippen molar-refractivity contribution >= 4 is 17.5 Å². The van der Waals surface area contributed by atoms with Crippen molar-refractivity contribution in [2.24, 2.45) is 11.0 Å². The van der Waals surface area contributed by atoms with Crippen molar-refractivity contribution in [3.05, 3.63) is 82.4 Å². The second kappa shape index (κ2) is 7.94. The van der Waals surface area contributed by atoms with Gasteiger partial charge in [0, 0.05) is 5.56 Å². The van der Waals surface area contributed by atoms with Crippen LogP contribution in [0.2, 0.25) is 0 Å². The topological polar surface area (TPSA) is 93.5 Å². The van der Waals surface area contributed by atoms with Crippen molar-refractivity contribution in [2.45, 2.75) is 19.8 Å². The normalized spacial score (nSPS) is 17.7. The summed E-state index contributed by atoms with van der Waals surface area (Å²) < 4.78 is 6.46. The molecule has 1 aliphatic heterocycles. The third-order valence-corrected chi connectivity index (χ3v) is 5.19. The summed E-state index contributed by atoms with van der Waals surface area (Å²) in [5.74, 6) is -2.67. The summed E-state index contributed by atoms with van der Waals surface area (Å²) in [7, 11) is 0. The molecule has 0 aliphatic carbocycles. The van der Waals surface area contributed by atoms with Gasteiger partial charge in [-0.3, -0.25) is 9.59 Å². The van der Waals surface area contributed by atoms with Crippen molar-refractivity contribution in [3.63, 3.8) is 0 Å². The molecule has 7 heteroatoms. The highest BCUT2D eigenvalue weighted by Gasteiger charge is 2.45. The van der Waals surface area contributed by atoms with Crippen LogP contribution in [-0.2, 0) is 9.53 Å². The number of esters is 1. The smallest absolute Gasteiger partial charge is 0.346 e. The van der Waals surface area contributed by atoms with Crippen LogP contribution in [0, 0.1) is 5.92 Å². The highest BCUT2D eigenvalue weighted by molar-refractivity contribution is 6.12. The highest BCUT2D eigenvalue weighted by Crippen LogP contribution is 2.38. The van der Waals surface area contributed by atoms with Crippen LogP contribution in [0.15, 0.2) is 70.6 Å². The Kier molecular flexibility index (Phi) is 5.18. The van der Waals surface area contributed by atoms with E-state index in [4.69, 9.17) is 4.74 Å². The van der Waals surface area contributed by atoms with E-state index < -0.39 is 23.5 Å². The largest absolute Gasteiger partial charge is 0.465 e. The molecule has 7 nitrogen and oxygen atoms in total. The molecule has 30 heavy (non-hydrogen) atoms. The zero-order valence-electron chi connectivity index (χ0n) is 16.7. The Morgan fingerprint density at radius 2 is 1.67 bits per heavy atom. The van der Waals surface area contributed by atoms with Crippen molar-refractivity contribution in [1.82, 2.24) is 9.66 Å². The van der Waals surface area contributed by atoms with Crippen LogP contribution in [0.3, 0.4) is 0 Å². The predicted molar refractivity (Wildman–Crippen MR) is 113 cm³/mol. The zero-order valence-corrected chi connectivity index (χ0v) is 16.7.